The van der Waals surface area contributed by atoms with Crippen molar-refractivity contribution in [3.05, 3.63) is 34.9 Å². The summed E-state index contributed by atoms with van der Waals surface area (Å²) in [5, 5.41) is 12.7. The molecule has 3 heteroatoms. The Hall–Kier alpha value is -1.35. The van der Waals surface area contributed by atoms with Gasteiger partial charge in [-0.05, 0) is 29.9 Å². The molecule has 1 aliphatic carbocycles. The van der Waals surface area contributed by atoms with Crippen LogP contribution in [0, 0.1) is 0 Å². The van der Waals surface area contributed by atoms with Crippen molar-refractivity contribution in [1.29, 1.82) is 0 Å². The molecule has 0 spiro atoms. The lowest BCUT2D eigenvalue weighted by Gasteiger charge is -2.07. The van der Waals surface area contributed by atoms with Gasteiger partial charge in [0.2, 0.25) is 0 Å². The van der Waals surface area contributed by atoms with Gasteiger partial charge in [0.1, 0.15) is 6.61 Å². The molecule has 0 saturated carbocycles. The van der Waals surface area contributed by atoms with Crippen LogP contribution in [-0.2, 0) is 11.3 Å². The van der Waals surface area contributed by atoms with E-state index in [1.165, 1.54) is 16.7 Å². The maximum Gasteiger partial charge on any atom is 0.140 e. The summed E-state index contributed by atoms with van der Waals surface area (Å²) < 4.78 is 0. The van der Waals surface area contributed by atoms with E-state index in [1.54, 1.807) is 0 Å². The summed E-state index contributed by atoms with van der Waals surface area (Å²) in [5.41, 5.74) is 4.94. The number of hydrogen-bond donors (Lipinski definition) is 1. The Morgan fingerprint density at radius 3 is 2.88 bits per heavy atom. The van der Waals surface area contributed by atoms with Crippen LogP contribution >= 0.6 is 0 Å². The third-order valence-corrected chi connectivity index (χ3v) is 3.10. The minimum atomic E-state index is 0.00985. The third-order valence-electron chi connectivity index (χ3n) is 3.10. The van der Waals surface area contributed by atoms with Crippen molar-refractivity contribution in [1.82, 2.24) is 0 Å². The van der Waals surface area contributed by atoms with Crippen molar-refractivity contribution in [2.45, 2.75) is 32.6 Å². The Kier molecular flexibility index (Phi) is 3.79. The molecule has 0 amide bonds. The number of fused-ring (bicyclic) bond motifs is 1. The lowest BCUT2D eigenvalue weighted by molar-refractivity contribution is 0.0984. The average molecular weight is 233 g/mol. The molecule has 0 bridgehead atoms. The molecule has 92 valence electrons. The van der Waals surface area contributed by atoms with E-state index in [0.717, 1.165) is 18.6 Å². The van der Waals surface area contributed by atoms with E-state index in [4.69, 9.17) is 9.94 Å². The first-order valence-electron chi connectivity index (χ1n) is 6.15. The Bertz CT molecular complexity index is 424. The Balaban J connectivity index is 2.19. The van der Waals surface area contributed by atoms with Crippen molar-refractivity contribution in [3.8, 4) is 0 Å². The second-order valence-corrected chi connectivity index (χ2v) is 4.67. The Labute approximate surface area is 102 Å². The second kappa shape index (κ2) is 5.32. The van der Waals surface area contributed by atoms with E-state index in [-0.39, 0.29) is 13.2 Å². The molecular weight excluding hydrogens is 214 g/mol. The number of benzene rings is 1. The fourth-order valence-electron chi connectivity index (χ4n) is 2.11. The van der Waals surface area contributed by atoms with Crippen LogP contribution in [0.2, 0.25) is 0 Å². The molecule has 2 rings (SSSR count). The molecule has 0 aliphatic heterocycles. The number of oxime groups is 1. The van der Waals surface area contributed by atoms with Crippen molar-refractivity contribution in [2.75, 3.05) is 13.2 Å². The van der Waals surface area contributed by atoms with Crippen LogP contribution in [0.5, 0.6) is 0 Å². The van der Waals surface area contributed by atoms with Gasteiger partial charge < -0.3 is 9.94 Å². The van der Waals surface area contributed by atoms with E-state index in [2.05, 4.69) is 37.2 Å². The smallest absolute Gasteiger partial charge is 0.140 e. The molecule has 17 heavy (non-hydrogen) atoms. The number of rotatable bonds is 4. The largest absolute Gasteiger partial charge is 0.393 e. The molecule has 3 nitrogen and oxygen atoms in total. The molecule has 0 aromatic heterocycles. The number of aryl methyl sites for hydroxylation is 1. The van der Waals surface area contributed by atoms with Gasteiger partial charge in [0.05, 0.1) is 12.3 Å². The molecule has 0 unspecified atom stereocenters. The molecule has 0 radical (unpaired) electrons. The monoisotopic (exact) mass is 233 g/mol. The molecule has 1 N–H and O–H groups in total. The summed E-state index contributed by atoms with van der Waals surface area (Å²) in [4.78, 5) is 5.04. The molecule has 0 saturated heterocycles. The van der Waals surface area contributed by atoms with Crippen LogP contribution in [-0.4, -0.2) is 24.0 Å². The number of aliphatic hydroxyl groups is 1. The first-order chi connectivity index (χ1) is 8.22. The van der Waals surface area contributed by atoms with Gasteiger partial charge >= 0.3 is 0 Å². The maximum atomic E-state index is 8.64. The average Bonchev–Trinajstić information content (AvgIpc) is 2.72. The number of aliphatic hydroxyl groups excluding tert-OH is 1. The minimum Gasteiger partial charge on any atom is -0.393 e. The molecule has 1 aromatic carbocycles. The van der Waals surface area contributed by atoms with Gasteiger partial charge in [0, 0.05) is 5.56 Å². The van der Waals surface area contributed by atoms with Gasteiger partial charge in [-0.3, -0.25) is 0 Å². The molecule has 1 aliphatic rings. The van der Waals surface area contributed by atoms with Crippen molar-refractivity contribution in [3.63, 3.8) is 0 Å². The zero-order valence-electron chi connectivity index (χ0n) is 10.4. The maximum absolute atomic E-state index is 8.64. The molecule has 1 aromatic rings. The van der Waals surface area contributed by atoms with Crippen molar-refractivity contribution in [2.24, 2.45) is 5.16 Å². The highest BCUT2D eigenvalue weighted by atomic mass is 16.6. The van der Waals surface area contributed by atoms with Gasteiger partial charge in [0.15, 0.2) is 0 Å². The summed E-state index contributed by atoms with van der Waals surface area (Å²) in [5.74, 6) is 0.562. The van der Waals surface area contributed by atoms with Crippen molar-refractivity contribution >= 4 is 5.71 Å². The molecule has 0 atom stereocenters. The first kappa shape index (κ1) is 12.1. The highest BCUT2D eigenvalue weighted by Crippen LogP contribution is 2.26. The van der Waals surface area contributed by atoms with E-state index < -0.39 is 0 Å². The van der Waals surface area contributed by atoms with Gasteiger partial charge in [-0.2, -0.15) is 0 Å². The number of hydrogen-bond acceptors (Lipinski definition) is 3. The fourth-order valence-corrected chi connectivity index (χ4v) is 2.11. The second-order valence-electron chi connectivity index (χ2n) is 4.67. The lowest BCUT2D eigenvalue weighted by atomic mass is 9.98. The SMILES string of the molecule is CC(C)c1ccc2c(c1)CC/C2=N\OCCO. The summed E-state index contributed by atoms with van der Waals surface area (Å²) in [6.07, 6.45) is 1.97. The predicted molar refractivity (Wildman–Crippen MR) is 68.4 cm³/mol. The van der Waals surface area contributed by atoms with Crippen LogP contribution in [0.3, 0.4) is 0 Å². The zero-order valence-corrected chi connectivity index (χ0v) is 10.4. The van der Waals surface area contributed by atoms with Crippen LogP contribution in [0.4, 0.5) is 0 Å². The van der Waals surface area contributed by atoms with Crippen LogP contribution < -0.4 is 0 Å². The first-order valence-corrected chi connectivity index (χ1v) is 6.15. The highest BCUT2D eigenvalue weighted by molar-refractivity contribution is 6.04. The predicted octanol–water partition coefficient (Wildman–Crippen LogP) is 2.47. The van der Waals surface area contributed by atoms with E-state index in [1.807, 2.05) is 0 Å². The van der Waals surface area contributed by atoms with E-state index >= 15 is 0 Å². The normalized spacial score (nSPS) is 16.6. The lowest BCUT2D eigenvalue weighted by Crippen LogP contribution is -2.00. The number of nitrogens with zero attached hydrogens (tertiary/aromatic N) is 1. The van der Waals surface area contributed by atoms with Crippen molar-refractivity contribution < 1.29 is 9.94 Å². The quantitative estimate of drug-likeness (QED) is 0.641. The third kappa shape index (κ3) is 2.67. The van der Waals surface area contributed by atoms with Crippen LogP contribution in [0.1, 0.15) is 42.9 Å². The minimum absolute atomic E-state index is 0.00985. The van der Waals surface area contributed by atoms with Gasteiger partial charge in [-0.25, -0.2) is 0 Å². The Morgan fingerprint density at radius 2 is 2.18 bits per heavy atom. The van der Waals surface area contributed by atoms with E-state index in [0.29, 0.717) is 5.92 Å². The Morgan fingerprint density at radius 1 is 1.35 bits per heavy atom. The molecular formula is C14H19NO2. The summed E-state index contributed by atoms with van der Waals surface area (Å²) in [6, 6.07) is 6.57. The topological polar surface area (TPSA) is 41.8 Å². The van der Waals surface area contributed by atoms with Crippen LogP contribution in [0.15, 0.2) is 23.4 Å². The summed E-state index contributed by atoms with van der Waals surface area (Å²) in [6.45, 7) is 4.69. The van der Waals surface area contributed by atoms with Gasteiger partial charge in [-0.1, -0.05) is 37.2 Å². The zero-order chi connectivity index (χ0) is 12.3. The van der Waals surface area contributed by atoms with Crippen LogP contribution in [0.25, 0.3) is 0 Å². The molecule has 0 heterocycles. The van der Waals surface area contributed by atoms with Gasteiger partial charge in [0.25, 0.3) is 0 Å². The van der Waals surface area contributed by atoms with Gasteiger partial charge in [-0.15, -0.1) is 0 Å². The summed E-state index contributed by atoms with van der Waals surface area (Å²) >= 11 is 0. The highest BCUT2D eigenvalue weighted by Gasteiger charge is 2.19. The van der Waals surface area contributed by atoms with E-state index in [9.17, 15) is 0 Å². The molecule has 0 fully saturated rings. The summed E-state index contributed by atoms with van der Waals surface area (Å²) in [7, 11) is 0. The standard InChI is InChI=1S/C14H19NO2/c1-10(2)11-3-5-13-12(9-11)4-6-14(13)15-17-8-7-16/h3,5,9-10,16H,4,6-8H2,1-2H3/b15-14+. The fraction of sp³-hybridized carbons (Fsp3) is 0.500.